The molecule has 1 nitrogen and oxygen atoms in total. The van der Waals surface area contributed by atoms with Crippen LogP contribution < -0.4 is 0 Å². The lowest BCUT2D eigenvalue weighted by Crippen LogP contribution is -2.56. The summed E-state index contributed by atoms with van der Waals surface area (Å²) in [5, 5.41) is 0. The Kier molecular flexibility index (Phi) is 9.38. The molecule has 0 aromatic rings. The second kappa shape index (κ2) is 14.0. The van der Waals surface area contributed by atoms with Crippen LogP contribution in [0.5, 0.6) is 0 Å². The zero-order valence-corrected chi connectivity index (χ0v) is 30.2. The molecule has 0 aromatic heterocycles. The van der Waals surface area contributed by atoms with Gasteiger partial charge in [0.25, 0.3) is 0 Å². The van der Waals surface area contributed by atoms with E-state index in [1.807, 2.05) is 22.3 Å². The molecule has 9 aliphatic rings. The van der Waals surface area contributed by atoms with E-state index in [1.54, 1.807) is 0 Å². The molecular weight excluding hydrogens is 579 g/mol. The Morgan fingerprint density at radius 1 is 0.646 bits per heavy atom. The molecule has 0 N–H and O–H groups in total. The Balaban J connectivity index is 1.14. The minimum atomic E-state index is 0.304. The normalized spacial score (nSPS) is 41.5. The van der Waals surface area contributed by atoms with E-state index in [-0.39, 0.29) is 0 Å². The second-order valence-corrected chi connectivity index (χ2v) is 17.8. The largest absolute Gasteiger partial charge is 0.290 e. The molecule has 0 bridgehead atoms. The van der Waals surface area contributed by atoms with Gasteiger partial charge in [0.05, 0.1) is 0 Å². The quantitative estimate of drug-likeness (QED) is 0.260. The van der Waals surface area contributed by atoms with Crippen molar-refractivity contribution in [2.75, 3.05) is 0 Å². The average molecular weight is 644 g/mol. The van der Waals surface area contributed by atoms with Gasteiger partial charge in [0.1, 0.15) is 0 Å². The molecule has 0 heterocycles. The van der Waals surface area contributed by atoms with Crippen LogP contribution in [-0.2, 0) is 0 Å². The van der Waals surface area contributed by atoms with Crippen molar-refractivity contribution in [1.82, 2.24) is 4.90 Å². The van der Waals surface area contributed by atoms with E-state index in [0.717, 1.165) is 41.7 Å². The number of fused-ring (bicyclic) bond motifs is 4. The summed E-state index contributed by atoms with van der Waals surface area (Å²) in [7, 11) is 0. The molecule has 0 radical (unpaired) electrons. The van der Waals surface area contributed by atoms with E-state index in [9.17, 15) is 0 Å². The van der Waals surface area contributed by atoms with Gasteiger partial charge in [0, 0.05) is 29.5 Å². The van der Waals surface area contributed by atoms with Gasteiger partial charge in [0.2, 0.25) is 0 Å². The highest BCUT2D eigenvalue weighted by Gasteiger charge is 2.61. The van der Waals surface area contributed by atoms with E-state index in [1.165, 1.54) is 148 Å². The highest BCUT2D eigenvalue weighted by atomic mass is 15.2. The smallest absolute Gasteiger partial charge is 0.0321 e. The maximum Gasteiger partial charge on any atom is 0.0321 e. The Bertz CT molecular complexity index is 1390. The SMILES string of the molecule is C1=CCC(N(C2CCC3C4=C(C=CC5CCC=C[C@@H]45)C(C4=CCCCC4)(C4CCCCC4)C3C2)C2CCCCC2C2=CCCCC2)C=C1. The third kappa shape index (κ3) is 5.51. The Morgan fingerprint density at radius 3 is 2.31 bits per heavy atom. The van der Waals surface area contributed by atoms with E-state index >= 15 is 0 Å². The number of hydrogen-bond donors (Lipinski definition) is 0. The summed E-state index contributed by atoms with van der Waals surface area (Å²) in [6.45, 7) is 0. The summed E-state index contributed by atoms with van der Waals surface area (Å²) >= 11 is 0. The van der Waals surface area contributed by atoms with Gasteiger partial charge >= 0.3 is 0 Å². The minimum absolute atomic E-state index is 0.304. The van der Waals surface area contributed by atoms with Crippen molar-refractivity contribution in [1.29, 1.82) is 0 Å². The first-order valence-corrected chi connectivity index (χ1v) is 21.4. The standard InChI is InChI=1S/C47H65N/c1-5-17-34(18-6-1)40-26-15-16-28-45(40)48(38-24-11-4-12-25-38)39-30-31-42-44(33-39)47(36-20-7-2-8-21-36,37-22-9-3-10-23-37)43-32-29-35-19-13-14-27-41(35)46(42)43/h4,11-12,14,17,20,24,27,29,32,35,37-42,44-45H,1-3,5-10,13,15-16,18-19,21-23,25-26,28,30-31,33H2/t35?,38?,39?,40?,41-,42?,44?,45?,47?/m1/s1. The van der Waals surface area contributed by atoms with Crippen molar-refractivity contribution in [3.05, 3.63) is 83.1 Å². The first-order chi connectivity index (χ1) is 23.8. The molecule has 0 spiro atoms. The van der Waals surface area contributed by atoms with E-state index in [0.29, 0.717) is 17.4 Å². The fourth-order valence-electron chi connectivity index (χ4n) is 13.9. The molecule has 9 aliphatic carbocycles. The predicted molar refractivity (Wildman–Crippen MR) is 203 cm³/mol. The fourth-order valence-corrected chi connectivity index (χ4v) is 13.9. The number of nitrogens with zero attached hydrogens (tertiary/aromatic N) is 1. The van der Waals surface area contributed by atoms with Crippen LogP contribution in [-0.4, -0.2) is 23.0 Å². The lowest BCUT2D eigenvalue weighted by atomic mass is 9.52. The molecule has 9 rings (SSSR count). The van der Waals surface area contributed by atoms with Gasteiger partial charge in [-0.25, -0.2) is 0 Å². The molecule has 48 heavy (non-hydrogen) atoms. The van der Waals surface area contributed by atoms with Gasteiger partial charge in [-0.15, -0.1) is 0 Å². The van der Waals surface area contributed by atoms with E-state index < -0.39 is 0 Å². The average Bonchev–Trinajstić information content (AvgIpc) is 3.47. The first kappa shape index (κ1) is 32.1. The van der Waals surface area contributed by atoms with Crippen LogP contribution >= 0.6 is 0 Å². The van der Waals surface area contributed by atoms with Gasteiger partial charge in [-0.05, 0) is 151 Å². The van der Waals surface area contributed by atoms with Crippen LogP contribution in [0.2, 0.25) is 0 Å². The number of allylic oxidation sites excluding steroid dienone is 11. The lowest BCUT2D eigenvalue weighted by molar-refractivity contribution is -0.0112. The molecule has 3 fully saturated rings. The van der Waals surface area contributed by atoms with Crippen LogP contribution in [0.1, 0.15) is 148 Å². The summed E-state index contributed by atoms with van der Waals surface area (Å²) in [5.41, 5.74) is 7.95. The maximum atomic E-state index is 3.24. The van der Waals surface area contributed by atoms with Crippen molar-refractivity contribution >= 4 is 0 Å². The summed E-state index contributed by atoms with van der Waals surface area (Å²) in [6.07, 6.45) is 58.5. The minimum Gasteiger partial charge on any atom is -0.290 e. The van der Waals surface area contributed by atoms with Crippen molar-refractivity contribution in [3.63, 3.8) is 0 Å². The third-order valence-electron chi connectivity index (χ3n) is 15.7. The van der Waals surface area contributed by atoms with Gasteiger partial charge in [-0.1, -0.05) is 110 Å². The molecule has 9 atom stereocenters. The highest BCUT2D eigenvalue weighted by Crippen LogP contribution is 2.69. The van der Waals surface area contributed by atoms with Crippen LogP contribution in [0.4, 0.5) is 0 Å². The molecule has 8 unspecified atom stereocenters. The molecule has 258 valence electrons. The van der Waals surface area contributed by atoms with Gasteiger partial charge in [0.15, 0.2) is 0 Å². The zero-order valence-electron chi connectivity index (χ0n) is 30.2. The molecule has 0 aromatic carbocycles. The molecular formula is C47H65N. The Morgan fingerprint density at radius 2 is 1.50 bits per heavy atom. The molecule has 1 heteroatoms. The third-order valence-corrected chi connectivity index (χ3v) is 15.7. The second-order valence-electron chi connectivity index (χ2n) is 17.8. The monoisotopic (exact) mass is 644 g/mol. The zero-order chi connectivity index (χ0) is 31.9. The Labute approximate surface area is 293 Å². The molecule has 0 amide bonds. The number of hydrogen-bond acceptors (Lipinski definition) is 1. The first-order valence-electron chi connectivity index (χ1n) is 21.4. The van der Waals surface area contributed by atoms with Crippen LogP contribution in [0.25, 0.3) is 0 Å². The summed E-state index contributed by atoms with van der Waals surface area (Å²) in [6, 6.07) is 2.04. The van der Waals surface area contributed by atoms with Gasteiger partial charge in [-0.3, -0.25) is 4.90 Å². The molecule has 3 saturated carbocycles. The van der Waals surface area contributed by atoms with E-state index in [4.69, 9.17) is 0 Å². The fraction of sp³-hybridized carbons (Fsp3) is 0.702. The van der Waals surface area contributed by atoms with Gasteiger partial charge in [-0.2, -0.15) is 0 Å². The van der Waals surface area contributed by atoms with Crippen LogP contribution in [0.3, 0.4) is 0 Å². The lowest BCUT2D eigenvalue weighted by Gasteiger charge is -2.55. The summed E-state index contributed by atoms with van der Waals surface area (Å²) < 4.78 is 0. The van der Waals surface area contributed by atoms with E-state index in [2.05, 4.69) is 65.7 Å². The highest BCUT2D eigenvalue weighted by molar-refractivity contribution is 5.53. The van der Waals surface area contributed by atoms with Crippen LogP contribution in [0, 0.1) is 40.9 Å². The topological polar surface area (TPSA) is 3.24 Å². The van der Waals surface area contributed by atoms with Crippen molar-refractivity contribution in [3.8, 4) is 0 Å². The van der Waals surface area contributed by atoms with Crippen molar-refractivity contribution in [2.24, 2.45) is 40.9 Å². The maximum absolute atomic E-state index is 3.24. The Hall–Kier alpha value is -1.86. The number of rotatable bonds is 6. The van der Waals surface area contributed by atoms with Crippen LogP contribution in [0.15, 0.2) is 83.1 Å². The van der Waals surface area contributed by atoms with Gasteiger partial charge < -0.3 is 0 Å². The van der Waals surface area contributed by atoms with Crippen molar-refractivity contribution in [2.45, 2.75) is 166 Å². The summed E-state index contributed by atoms with van der Waals surface area (Å²) in [4.78, 5) is 3.24. The summed E-state index contributed by atoms with van der Waals surface area (Å²) in [5.74, 6) is 4.68. The molecule has 0 saturated heterocycles. The predicted octanol–water partition coefficient (Wildman–Crippen LogP) is 12.5. The van der Waals surface area contributed by atoms with Crippen molar-refractivity contribution < 1.29 is 0 Å². The molecule has 0 aliphatic heterocycles.